The molecule has 3 rings (SSSR count). The standard InChI is InChI=1S/C26H43N3O8S/c1-3-4-15-29(22-8-10-23(11-9-22)35-21-20-33-2)16-14-27-38(31,32)26(12-18-34-19-13-26)25(30)28-37-24-7-5-6-17-36-24/h8-11,24,27H,3-7,12-21H2,1-2H3,(H,28,30). The molecule has 0 spiro atoms. The number of carbonyl (C=O) groups is 1. The molecule has 11 nitrogen and oxygen atoms in total. The maximum atomic E-state index is 13.5. The zero-order chi connectivity index (χ0) is 27.3. The Morgan fingerprint density at radius 1 is 1.11 bits per heavy atom. The monoisotopic (exact) mass is 557 g/mol. The first-order chi connectivity index (χ1) is 18.4. The van der Waals surface area contributed by atoms with E-state index in [0.717, 1.165) is 43.7 Å². The number of hydrogen-bond acceptors (Lipinski definition) is 9. The number of unbranched alkanes of at least 4 members (excludes halogenated alkanes) is 1. The Balaban J connectivity index is 1.62. The summed E-state index contributed by atoms with van der Waals surface area (Å²) in [4.78, 5) is 20.8. The van der Waals surface area contributed by atoms with Crippen LogP contribution in [-0.4, -0.2) is 85.1 Å². The minimum absolute atomic E-state index is 0.0487. The highest BCUT2D eigenvalue weighted by molar-refractivity contribution is 7.91. The zero-order valence-corrected chi connectivity index (χ0v) is 23.4. The van der Waals surface area contributed by atoms with Gasteiger partial charge < -0.3 is 23.8 Å². The average molecular weight is 558 g/mol. The number of ether oxygens (including phenoxy) is 4. The third-order valence-corrected chi connectivity index (χ3v) is 9.07. The van der Waals surface area contributed by atoms with E-state index >= 15 is 0 Å². The van der Waals surface area contributed by atoms with Gasteiger partial charge in [0.05, 0.1) is 6.61 Å². The highest BCUT2D eigenvalue weighted by Gasteiger charge is 2.52. The Hall–Kier alpha value is -1.96. The fourth-order valence-corrected chi connectivity index (χ4v) is 6.13. The van der Waals surface area contributed by atoms with Gasteiger partial charge in [-0.25, -0.2) is 23.5 Å². The Kier molecular flexibility index (Phi) is 12.5. The van der Waals surface area contributed by atoms with E-state index in [-0.39, 0.29) is 32.6 Å². The van der Waals surface area contributed by atoms with Crippen molar-refractivity contribution in [3.05, 3.63) is 24.3 Å². The van der Waals surface area contributed by atoms with Gasteiger partial charge in [-0.05, 0) is 43.5 Å². The molecule has 0 aromatic heterocycles. The summed E-state index contributed by atoms with van der Waals surface area (Å²) in [7, 11) is -2.41. The summed E-state index contributed by atoms with van der Waals surface area (Å²) in [5.74, 6) is 0.0598. The molecule has 2 saturated heterocycles. The van der Waals surface area contributed by atoms with E-state index in [1.807, 2.05) is 24.3 Å². The predicted molar refractivity (Wildman–Crippen MR) is 143 cm³/mol. The number of benzene rings is 1. The molecule has 2 fully saturated rings. The van der Waals surface area contributed by atoms with Crippen molar-refractivity contribution in [1.82, 2.24) is 10.2 Å². The Labute approximate surface area is 226 Å². The van der Waals surface area contributed by atoms with Gasteiger partial charge in [0.1, 0.15) is 12.4 Å². The van der Waals surface area contributed by atoms with Crippen LogP contribution in [-0.2, 0) is 33.9 Å². The maximum absolute atomic E-state index is 13.5. The highest BCUT2D eigenvalue weighted by atomic mass is 32.2. The normalized spacial score (nSPS) is 19.6. The van der Waals surface area contributed by atoms with Gasteiger partial charge in [0.25, 0.3) is 5.91 Å². The number of carbonyl (C=O) groups excluding carboxylic acids is 1. The molecule has 2 heterocycles. The smallest absolute Gasteiger partial charge is 0.266 e. The summed E-state index contributed by atoms with van der Waals surface area (Å²) in [5, 5.41) is 0. The summed E-state index contributed by atoms with van der Waals surface area (Å²) in [6.07, 6.45) is 4.02. The van der Waals surface area contributed by atoms with Crippen molar-refractivity contribution in [1.29, 1.82) is 0 Å². The third-order valence-electron chi connectivity index (χ3n) is 6.86. The second-order valence-electron chi connectivity index (χ2n) is 9.53. The second kappa shape index (κ2) is 15.6. The van der Waals surface area contributed by atoms with E-state index < -0.39 is 27.0 Å². The lowest BCUT2D eigenvalue weighted by Gasteiger charge is -2.35. The first-order valence-electron chi connectivity index (χ1n) is 13.5. The van der Waals surface area contributed by atoms with E-state index in [2.05, 4.69) is 22.0 Å². The second-order valence-corrected chi connectivity index (χ2v) is 11.6. The van der Waals surface area contributed by atoms with Crippen LogP contribution in [0.2, 0.25) is 0 Å². The average Bonchev–Trinajstić information content (AvgIpc) is 2.95. The Morgan fingerprint density at radius 2 is 1.87 bits per heavy atom. The number of anilines is 1. The lowest BCUT2D eigenvalue weighted by Crippen LogP contribution is -2.60. The topological polar surface area (TPSA) is 125 Å². The summed E-state index contributed by atoms with van der Waals surface area (Å²) < 4.78 is 49.6. The molecule has 1 unspecified atom stereocenters. The molecule has 38 heavy (non-hydrogen) atoms. The van der Waals surface area contributed by atoms with Crippen LogP contribution in [0.3, 0.4) is 0 Å². The van der Waals surface area contributed by atoms with E-state index in [1.165, 1.54) is 0 Å². The molecule has 2 aliphatic heterocycles. The van der Waals surface area contributed by atoms with E-state index in [1.54, 1.807) is 7.11 Å². The van der Waals surface area contributed by atoms with E-state index in [9.17, 15) is 13.2 Å². The van der Waals surface area contributed by atoms with Crippen molar-refractivity contribution >= 4 is 21.6 Å². The predicted octanol–water partition coefficient (Wildman–Crippen LogP) is 2.36. The summed E-state index contributed by atoms with van der Waals surface area (Å²) >= 11 is 0. The summed E-state index contributed by atoms with van der Waals surface area (Å²) in [5.41, 5.74) is 3.35. The molecule has 216 valence electrons. The van der Waals surface area contributed by atoms with Gasteiger partial charge in [0.15, 0.2) is 11.0 Å². The van der Waals surface area contributed by atoms with Crippen molar-refractivity contribution in [2.75, 3.05) is 64.7 Å². The lowest BCUT2D eigenvalue weighted by molar-refractivity contribution is -0.202. The van der Waals surface area contributed by atoms with Gasteiger partial charge in [0.2, 0.25) is 10.0 Å². The molecular formula is C26H43N3O8S. The van der Waals surface area contributed by atoms with Crippen molar-refractivity contribution in [2.24, 2.45) is 0 Å². The summed E-state index contributed by atoms with van der Waals surface area (Å²) in [6.45, 7) is 5.37. The molecule has 1 amide bonds. The molecule has 0 radical (unpaired) electrons. The molecule has 0 saturated carbocycles. The molecule has 1 atom stereocenters. The van der Waals surface area contributed by atoms with Crippen LogP contribution < -0.4 is 19.8 Å². The minimum Gasteiger partial charge on any atom is -0.491 e. The first kappa shape index (κ1) is 30.6. The molecule has 2 aliphatic rings. The van der Waals surface area contributed by atoms with Gasteiger partial charge in [-0.15, -0.1) is 0 Å². The van der Waals surface area contributed by atoms with Crippen LogP contribution in [0, 0.1) is 0 Å². The minimum atomic E-state index is -4.04. The van der Waals surface area contributed by atoms with Gasteiger partial charge in [-0.2, -0.15) is 0 Å². The maximum Gasteiger partial charge on any atom is 0.266 e. The van der Waals surface area contributed by atoms with E-state index in [0.29, 0.717) is 32.8 Å². The number of methoxy groups -OCH3 is 1. The quantitative estimate of drug-likeness (QED) is 0.233. The van der Waals surface area contributed by atoms with Crippen molar-refractivity contribution in [3.63, 3.8) is 0 Å². The van der Waals surface area contributed by atoms with Crippen molar-refractivity contribution in [3.8, 4) is 5.75 Å². The number of amides is 1. The number of rotatable bonds is 16. The van der Waals surface area contributed by atoms with E-state index in [4.69, 9.17) is 23.8 Å². The number of hydroxylamine groups is 1. The van der Waals surface area contributed by atoms with Gasteiger partial charge in [-0.1, -0.05) is 13.3 Å². The molecule has 2 N–H and O–H groups in total. The molecule has 0 bridgehead atoms. The van der Waals surface area contributed by atoms with Crippen LogP contribution >= 0.6 is 0 Å². The summed E-state index contributed by atoms with van der Waals surface area (Å²) in [6, 6.07) is 7.71. The third kappa shape index (κ3) is 8.52. The zero-order valence-electron chi connectivity index (χ0n) is 22.6. The van der Waals surface area contributed by atoms with Gasteiger partial charge in [-0.3, -0.25) is 4.79 Å². The van der Waals surface area contributed by atoms with Crippen LogP contribution in [0.25, 0.3) is 0 Å². The first-order valence-corrected chi connectivity index (χ1v) is 15.0. The van der Waals surface area contributed by atoms with Crippen LogP contribution in [0.4, 0.5) is 5.69 Å². The van der Waals surface area contributed by atoms with Crippen LogP contribution in [0.15, 0.2) is 24.3 Å². The molecular weight excluding hydrogens is 514 g/mol. The fraction of sp³-hybridized carbons (Fsp3) is 0.731. The molecule has 12 heteroatoms. The lowest BCUT2D eigenvalue weighted by atomic mass is 9.98. The molecule has 1 aromatic rings. The molecule has 1 aromatic carbocycles. The Morgan fingerprint density at radius 3 is 2.53 bits per heavy atom. The Bertz CT molecular complexity index is 932. The number of hydrogen-bond donors (Lipinski definition) is 2. The number of nitrogens with one attached hydrogen (secondary N) is 2. The largest absolute Gasteiger partial charge is 0.491 e. The van der Waals surface area contributed by atoms with Crippen LogP contribution in [0.1, 0.15) is 51.9 Å². The van der Waals surface area contributed by atoms with Crippen molar-refractivity contribution in [2.45, 2.75) is 62.9 Å². The number of sulfonamides is 1. The fourth-order valence-electron chi connectivity index (χ4n) is 4.50. The van der Waals surface area contributed by atoms with Crippen molar-refractivity contribution < 1.29 is 37.0 Å². The molecule has 0 aliphatic carbocycles. The van der Waals surface area contributed by atoms with Gasteiger partial charge >= 0.3 is 0 Å². The van der Waals surface area contributed by atoms with Crippen LogP contribution in [0.5, 0.6) is 5.75 Å². The SMILES string of the molecule is CCCCN(CCNS(=O)(=O)C1(C(=O)NOC2CCCCO2)CCOCC1)c1ccc(OCCOC)cc1. The van der Waals surface area contributed by atoms with Gasteiger partial charge in [0, 0.05) is 71.5 Å². The highest BCUT2D eigenvalue weighted by Crippen LogP contribution is 2.30. The number of nitrogens with zero attached hydrogens (tertiary/aromatic N) is 1.